The molecule has 1 rings (SSSR count). The Labute approximate surface area is 115 Å². The van der Waals surface area contributed by atoms with E-state index in [0.717, 1.165) is 6.07 Å². The molecule has 7 heteroatoms. The smallest absolute Gasteiger partial charge is 0.387 e. The van der Waals surface area contributed by atoms with E-state index in [1.807, 2.05) is 0 Å². The third-order valence-electron chi connectivity index (χ3n) is 2.17. The van der Waals surface area contributed by atoms with Crippen molar-refractivity contribution in [1.82, 2.24) is 0 Å². The molecule has 0 aliphatic carbocycles. The highest BCUT2D eigenvalue weighted by molar-refractivity contribution is 5.96. The van der Waals surface area contributed by atoms with Gasteiger partial charge in [0.25, 0.3) is 0 Å². The Bertz CT molecular complexity index is 498. The van der Waals surface area contributed by atoms with E-state index in [1.54, 1.807) is 20.8 Å². The minimum absolute atomic E-state index is 0.0263. The number of anilines is 1. The van der Waals surface area contributed by atoms with Crippen LogP contribution in [0.5, 0.6) is 11.5 Å². The Balaban J connectivity index is 3.14. The van der Waals surface area contributed by atoms with Crippen molar-refractivity contribution >= 4 is 11.7 Å². The zero-order chi connectivity index (χ0) is 15.5. The second kappa shape index (κ2) is 5.94. The number of ether oxygens (including phenoxy) is 3. The van der Waals surface area contributed by atoms with Crippen molar-refractivity contribution in [3.8, 4) is 11.5 Å². The van der Waals surface area contributed by atoms with E-state index in [2.05, 4.69) is 4.74 Å². The van der Waals surface area contributed by atoms with E-state index in [4.69, 9.17) is 15.2 Å². The zero-order valence-corrected chi connectivity index (χ0v) is 11.7. The zero-order valence-electron chi connectivity index (χ0n) is 11.7. The highest BCUT2D eigenvalue weighted by atomic mass is 19.3. The summed E-state index contributed by atoms with van der Waals surface area (Å²) in [5, 5.41) is 0. The highest BCUT2D eigenvalue weighted by Crippen LogP contribution is 2.34. The fourth-order valence-corrected chi connectivity index (χ4v) is 1.43. The minimum atomic E-state index is -3.02. The lowest BCUT2D eigenvalue weighted by atomic mass is 10.1. The number of nitrogen functional groups attached to an aromatic ring is 1. The number of halogens is 2. The predicted octanol–water partition coefficient (Wildman–Crippen LogP) is 2.83. The van der Waals surface area contributed by atoms with Crippen molar-refractivity contribution in [2.75, 3.05) is 12.8 Å². The van der Waals surface area contributed by atoms with Gasteiger partial charge < -0.3 is 19.9 Å². The third kappa shape index (κ3) is 4.25. The summed E-state index contributed by atoms with van der Waals surface area (Å²) in [6.07, 6.45) is 0. The molecule has 0 aliphatic heterocycles. The molecule has 1 aromatic rings. The topological polar surface area (TPSA) is 70.8 Å². The second-order valence-electron chi connectivity index (χ2n) is 4.97. The third-order valence-corrected chi connectivity index (χ3v) is 2.17. The average Bonchev–Trinajstić information content (AvgIpc) is 2.25. The number of carbonyl (C=O) groups is 1. The first kappa shape index (κ1) is 16.0. The van der Waals surface area contributed by atoms with Crippen LogP contribution in [-0.2, 0) is 4.74 Å². The molecule has 0 atom stereocenters. The van der Waals surface area contributed by atoms with Gasteiger partial charge in [-0.3, -0.25) is 0 Å². The minimum Gasteiger partial charge on any atom is -0.493 e. The van der Waals surface area contributed by atoms with Crippen molar-refractivity contribution in [2.24, 2.45) is 0 Å². The summed E-state index contributed by atoms with van der Waals surface area (Å²) in [4.78, 5) is 11.9. The maximum atomic E-state index is 12.2. The molecule has 5 nitrogen and oxygen atoms in total. The summed E-state index contributed by atoms with van der Waals surface area (Å²) in [6.45, 7) is 2.09. The quantitative estimate of drug-likeness (QED) is 0.681. The van der Waals surface area contributed by atoms with Gasteiger partial charge in [0.15, 0.2) is 11.5 Å². The van der Waals surface area contributed by atoms with Crippen molar-refractivity contribution in [3.63, 3.8) is 0 Å². The first-order valence-electron chi connectivity index (χ1n) is 5.79. The molecule has 0 fully saturated rings. The van der Waals surface area contributed by atoms with Crippen LogP contribution in [0, 0.1) is 0 Å². The van der Waals surface area contributed by atoms with Gasteiger partial charge in [0.1, 0.15) is 5.60 Å². The Morgan fingerprint density at radius 3 is 2.30 bits per heavy atom. The van der Waals surface area contributed by atoms with Crippen molar-refractivity contribution in [2.45, 2.75) is 33.0 Å². The van der Waals surface area contributed by atoms with Crippen LogP contribution in [0.2, 0.25) is 0 Å². The Kier molecular flexibility index (Phi) is 4.75. The van der Waals surface area contributed by atoms with Gasteiger partial charge in [0.05, 0.1) is 18.4 Å². The molecule has 0 saturated carbocycles. The number of hydrogen-bond acceptors (Lipinski definition) is 5. The van der Waals surface area contributed by atoms with Crippen LogP contribution in [-0.4, -0.2) is 25.3 Å². The fraction of sp³-hybridized carbons (Fsp3) is 0.462. The summed E-state index contributed by atoms with van der Waals surface area (Å²) >= 11 is 0. The van der Waals surface area contributed by atoms with Gasteiger partial charge in [-0.15, -0.1) is 0 Å². The molecule has 2 N–H and O–H groups in total. The van der Waals surface area contributed by atoms with Crippen LogP contribution in [0.15, 0.2) is 12.1 Å². The molecule has 0 bridgehead atoms. The summed E-state index contributed by atoms with van der Waals surface area (Å²) in [5.41, 5.74) is 4.95. The number of alkyl halides is 2. The second-order valence-corrected chi connectivity index (χ2v) is 4.97. The van der Waals surface area contributed by atoms with Gasteiger partial charge in [-0.25, -0.2) is 4.79 Å². The molecule has 112 valence electrons. The standard InChI is InChI=1S/C13H17F2NO4/c1-13(2,3)20-11(17)7-5-9(18-4)10(6-8(7)16)19-12(14)15/h5-6,12H,16H2,1-4H3. The summed E-state index contributed by atoms with van der Waals surface area (Å²) in [6, 6.07) is 2.31. The van der Waals surface area contributed by atoms with Crippen molar-refractivity contribution in [1.29, 1.82) is 0 Å². The largest absolute Gasteiger partial charge is 0.493 e. The molecule has 0 saturated heterocycles. The molecule has 0 unspecified atom stereocenters. The number of methoxy groups -OCH3 is 1. The number of rotatable bonds is 4. The first-order valence-corrected chi connectivity index (χ1v) is 5.79. The number of benzene rings is 1. The molecular formula is C13H17F2NO4. The summed E-state index contributed by atoms with van der Waals surface area (Å²) < 4.78 is 38.8. The Morgan fingerprint density at radius 2 is 1.85 bits per heavy atom. The van der Waals surface area contributed by atoms with Gasteiger partial charge >= 0.3 is 12.6 Å². The van der Waals surface area contributed by atoms with Crippen molar-refractivity contribution < 1.29 is 27.8 Å². The van der Waals surface area contributed by atoms with Crippen LogP contribution in [0.1, 0.15) is 31.1 Å². The summed E-state index contributed by atoms with van der Waals surface area (Å²) in [7, 11) is 1.27. The molecule has 0 heterocycles. The lowest BCUT2D eigenvalue weighted by Crippen LogP contribution is -2.24. The van der Waals surface area contributed by atoms with E-state index in [1.165, 1.54) is 13.2 Å². The van der Waals surface area contributed by atoms with E-state index >= 15 is 0 Å². The molecule has 0 aliphatic rings. The molecule has 20 heavy (non-hydrogen) atoms. The monoisotopic (exact) mass is 289 g/mol. The van der Waals surface area contributed by atoms with Gasteiger partial charge in [0, 0.05) is 12.1 Å². The van der Waals surface area contributed by atoms with E-state index in [9.17, 15) is 13.6 Å². The Hall–Kier alpha value is -2.05. The van der Waals surface area contributed by atoms with Crippen LogP contribution < -0.4 is 15.2 Å². The average molecular weight is 289 g/mol. The summed E-state index contributed by atoms with van der Waals surface area (Å²) in [5.74, 6) is -0.940. The van der Waals surface area contributed by atoms with E-state index in [-0.39, 0.29) is 22.7 Å². The van der Waals surface area contributed by atoms with Gasteiger partial charge in [-0.05, 0) is 20.8 Å². The lowest BCUT2D eigenvalue weighted by Gasteiger charge is -2.20. The van der Waals surface area contributed by atoms with E-state index < -0.39 is 18.2 Å². The maximum absolute atomic E-state index is 12.2. The number of hydrogen-bond donors (Lipinski definition) is 1. The maximum Gasteiger partial charge on any atom is 0.387 e. The molecule has 1 aromatic carbocycles. The SMILES string of the molecule is COc1cc(C(=O)OC(C)(C)C)c(N)cc1OC(F)F. The van der Waals surface area contributed by atoms with E-state index in [0.29, 0.717) is 0 Å². The lowest BCUT2D eigenvalue weighted by molar-refractivity contribution is -0.0511. The predicted molar refractivity (Wildman–Crippen MR) is 69.2 cm³/mol. The molecule has 0 amide bonds. The van der Waals surface area contributed by atoms with Crippen LogP contribution in [0.3, 0.4) is 0 Å². The molecular weight excluding hydrogens is 272 g/mol. The van der Waals surface area contributed by atoms with Gasteiger partial charge in [-0.1, -0.05) is 0 Å². The van der Waals surface area contributed by atoms with Gasteiger partial charge in [0.2, 0.25) is 0 Å². The number of nitrogens with two attached hydrogens (primary N) is 1. The van der Waals surface area contributed by atoms with Crippen LogP contribution in [0.4, 0.5) is 14.5 Å². The molecule has 0 radical (unpaired) electrons. The van der Waals surface area contributed by atoms with Crippen molar-refractivity contribution in [3.05, 3.63) is 17.7 Å². The molecule has 0 aromatic heterocycles. The number of esters is 1. The van der Waals surface area contributed by atoms with Gasteiger partial charge in [-0.2, -0.15) is 8.78 Å². The number of carbonyl (C=O) groups excluding carboxylic acids is 1. The first-order chi connectivity index (χ1) is 9.14. The highest BCUT2D eigenvalue weighted by Gasteiger charge is 2.22. The Morgan fingerprint density at radius 1 is 1.25 bits per heavy atom. The normalized spacial score (nSPS) is 11.3. The molecule has 0 spiro atoms. The van der Waals surface area contributed by atoms with Crippen LogP contribution in [0.25, 0.3) is 0 Å². The fourth-order valence-electron chi connectivity index (χ4n) is 1.43. The van der Waals surface area contributed by atoms with Crippen LogP contribution >= 0.6 is 0 Å².